The van der Waals surface area contributed by atoms with Crippen LogP contribution in [0.3, 0.4) is 0 Å². The predicted octanol–water partition coefficient (Wildman–Crippen LogP) is 6.81. The van der Waals surface area contributed by atoms with Gasteiger partial charge in [0, 0.05) is 40.2 Å². The van der Waals surface area contributed by atoms with Crippen molar-refractivity contribution in [2.24, 2.45) is 10.9 Å². The molecule has 0 N–H and O–H groups in total. The van der Waals surface area contributed by atoms with Gasteiger partial charge in [-0.15, -0.1) is 0 Å². The number of ketones is 1. The highest BCUT2D eigenvalue weighted by Gasteiger charge is 2.44. The number of ether oxygens (including phenoxy) is 1. The summed E-state index contributed by atoms with van der Waals surface area (Å²) in [6.45, 7) is 2.17. The fraction of sp³-hybridized carbons (Fsp3) is 0.258. The Bertz CT molecular complexity index is 1310. The van der Waals surface area contributed by atoms with Gasteiger partial charge in [0.2, 0.25) is 0 Å². The third-order valence-electron chi connectivity index (χ3n) is 7.12. The molecule has 5 heteroatoms. The minimum Gasteiger partial charge on any atom is -0.465 e. The van der Waals surface area contributed by atoms with Gasteiger partial charge in [-0.3, -0.25) is 14.6 Å². The van der Waals surface area contributed by atoms with Crippen molar-refractivity contribution in [2.45, 2.75) is 38.0 Å². The third kappa shape index (κ3) is 5.12. The topological polar surface area (TPSA) is 55.7 Å². The molecule has 1 aliphatic carbocycles. The van der Waals surface area contributed by atoms with Gasteiger partial charge in [-0.2, -0.15) is 0 Å². The summed E-state index contributed by atoms with van der Waals surface area (Å²) < 4.78 is 6.72. The molecule has 182 valence electrons. The highest BCUT2D eigenvalue weighted by molar-refractivity contribution is 9.10. The maximum atomic E-state index is 13.6. The fourth-order valence-electron chi connectivity index (χ4n) is 5.36. The largest absolute Gasteiger partial charge is 0.465 e. The molecule has 36 heavy (non-hydrogen) atoms. The van der Waals surface area contributed by atoms with Crippen LogP contribution in [-0.4, -0.2) is 24.1 Å². The summed E-state index contributed by atoms with van der Waals surface area (Å²) in [6, 6.07) is 28.0. The molecule has 1 unspecified atom stereocenters. The van der Waals surface area contributed by atoms with E-state index in [0.29, 0.717) is 30.5 Å². The Balaban J connectivity index is 1.46. The van der Waals surface area contributed by atoms with Crippen LogP contribution in [-0.2, 0) is 20.7 Å². The number of nitrogens with zero attached hydrogens (tertiary/aromatic N) is 1. The van der Waals surface area contributed by atoms with E-state index in [-0.39, 0.29) is 24.3 Å². The van der Waals surface area contributed by atoms with E-state index in [9.17, 15) is 9.59 Å². The van der Waals surface area contributed by atoms with Crippen molar-refractivity contribution in [1.82, 2.24) is 0 Å². The lowest BCUT2D eigenvalue weighted by atomic mass is 9.69. The number of hydrogen-bond donors (Lipinski definition) is 0. The molecule has 5 rings (SSSR count). The molecule has 1 aliphatic heterocycles. The van der Waals surface area contributed by atoms with Gasteiger partial charge in [-0.1, -0.05) is 88.7 Å². The van der Waals surface area contributed by atoms with Crippen LogP contribution in [0.2, 0.25) is 0 Å². The van der Waals surface area contributed by atoms with Crippen LogP contribution in [0.15, 0.2) is 106 Å². The SMILES string of the molecule is CC1=NC2=C(C(=O)C[C@@H](c3ccccc3)C2)[C@@H](c2ccc(Br)cc2)C1C(=O)OCCc1ccccc1. The third-order valence-corrected chi connectivity index (χ3v) is 7.65. The van der Waals surface area contributed by atoms with Crippen molar-refractivity contribution >= 4 is 33.4 Å². The molecule has 3 atom stereocenters. The molecular weight excluding hydrogens is 514 g/mol. The number of carbonyl (C=O) groups is 2. The molecule has 4 nitrogen and oxygen atoms in total. The predicted molar refractivity (Wildman–Crippen MR) is 145 cm³/mol. The van der Waals surface area contributed by atoms with Gasteiger partial charge in [-0.25, -0.2) is 0 Å². The monoisotopic (exact) mass is 541 g/mol. The number of aliphatic imine (C=N–C) groups is 1. The maximum Gasteiger partial charge on any atom is 0.315 e. The van der Waals surface area contributed by atoms with Crippen LogP contribution in [0.25, 0.3) is 0 Å². The zero-order chi connectivity index (χ0) is 25.1. The van der Waals surface area contributed by atoms with Gasteiger partial charge >= 0.3 is 5.97 Å². The lowest BCUT2D eigenvalue weighted by Crippen LogP contribution is -2.38. The van der Waals surface area contributed by atoms with E-state index in [1.807, 2.05) is 79.7 Å². The van der Waals surface area contributed by atoms with Crippen LogP contribution < -0.4 is 0 Å². The minimum absolute atomic E-state index is 0.0661. The van der Waals surface area contributed by atoms with Gasteiger partial charge in [0.15, 0.2) is 5.78 Å². The van der Waals surface area contributed by atoms with Crippen molar-refractivity contribution in [2.75, 3.05) is 6.61 Å². The fourth-order valence-corrected chi connectivity index (χ4v) is 5.62. The number of rotatable bonds is 6. The van der Waals surface area contributed by atoms with Gasteiger partial charge < -0.3 is 4.74 Å². The Morgan fingerprint density at radius 3 is 2.28 bits per heavy atom. The van der Waals surface area contributed by atoms with E-state index in [1.54, 1.807) is 0 Å². The summed E-state index contributed by atoms with van der Waals surface area (Å²) in [6.07, 6.45) is 1.75. The molecule has 0 saturated heterocycles. The van der Waals surface area contributed by atoms with E-state index in [4.69, 9.17) is 9.73 Å². The summed E-state index contributed by atoms with van der Waals surface area (Å²) in [5.41, 5.74) is 5.36. The number of esters is 1. The first-order chi connectivity index (χ1) is 17.5. The second kappa shape index (κ2) is 10.8. The van der Waals surface area contributed by atoms with Crippen LogP contribution >= 0.6 is 15.9 Å². The van der Waals surface area contributed by atoms with E-state index >= 15 is 0 Å². The van der Waals surface area contributed by atoms with Gasteiger partial charge in [0.25, 0.3) is 0 Å². The van der Waals surface area contributed by atoms with E-state index in [0.717, 1.165) is 26.9 Å². The molecule has 0 spiro atoms. The number of carbonyl (C=O) groups excluding carboxylic acids is 2. The van der Waals surface area contributed by atoms with Crippen molar-refractivity contribution in [3.63, 3.8) is 0 Å². The molecule has 1 heterocycles. The van der Waals surface area contributed by atoms with Crippen molar-refractivity contribution in [1.29, 1.82) is 0 Å². The quantitative estimate of drug-likeness (QED) is 0.322. The van der Waals surface area contributed by atoms with E-state index < -0.39 is 11.8 Å². The summed E-state index contributed by atoms with van der Waals surface area (Å²) in [7, 11) is 0. The van der Waals surface area contributed by atoms with E-state index in [1.165, 1.54) is 0 Å². The molecule has 0 fully saturated rings. The first-order valence-corrected chi connectivity index (χ1v) is 13.1. The minimum atomic E-state index is -0.627. The molecule has 3 aromatic rings. The first-order valence-electron chi connectivity index (χ1n) is 12.3. The molecule has 2 aliphatic rings. The molecular formula is C31H28BrNO3. The van der Waals surface area contributed by atoms with Crippen LogP contribution in [0.4, 0.5) is 0 Å². The van der Waals surface area contributed by atoms with Crippen LogP contribution in [0.1, 0.15) is 48.3 Å². The lowest BCUT2D eigenvalue weighted by molar-refractivity contribution is -0.146. The molecule has 0 bridgehead atoms. The Labute approximate surface area is 220 Å². The Morgan fingerprint density at radius 1 is 0.917 bits per heavy atom. The molecule has 0 saturated carbocycles. The number of Topliss-reactive ketones (excluding diaryl/α,β-unsaturated/α-hetero) is 1. The highest BCUT2D eigenvalue weighted by atomic mass is 79.9. The summed E-state index contributed by atoms with van der Waals surface area (Å²) in [5.74, 6) is -1.20. The van der Waals surface area contributed by atoms with Gasteiger partial charge in [0.05, 0.1) is 6.61 Å². The van der Waals surface area contributed by atoms with Crippen LogP contribution in [0, 0.1) is 5.92 Å². The normalized spacial score (nSPS) is 21.6. The lowest BCUT2D eigenvalue weighted by Gasteiger charge is -2.36. The van der Waals surface area contributed by atoms with Crippen LogP contribution in [0.5, 0.6) is 0 Å². The Morgan fingerprint density at radius 2 is 1.58 bits per heavy atom. The summed E-state index contributed by atoms with van der Waals surface area (Å²) >= 11 is 3.50. The number of allylic oxidation sites excluding steroid dienone is 2. The van der Waals surface area contributed by atoms with Crippen molar-refractivity contribution in [3.8, 4) is 0 Å². The average molecular weight is 542 g/mol. The standard InChI is InChI=1S/C31H28BrNO3/c1-20-28(31(35)36-17-16-21-8-4-2-5-9-21)29(23-12-14-25(32)15-13-23)30-26(33-20)18-24(19-27(30)34)22-10-6-3-7-11-22/h2-15,24,28-29H,16-19H2,1H3/t24-,28?,29-/m0/s1. The second-order valence-electron chi connectivity index (χ2n) is 9.46. The highest BCUT2D eigenvalue weighted by Crippen LogP contribution is 2.46. The van der Waals surface area contributed by atoms with Gasteiger partial charge in [0.1, 0.15) is 5.92 Å². The zero-order valence-corrected chi connectivity index (χ0v) is 21.8. The number of halogens is 1. The first kappa shape index (κ1) is 24.4. The molecule has 0 aromatic heterocycles. The Hall–Kier alpha value is -3.31. The number of hydrogen-bond acceptors (Lipinski definition) is 4. The van der Waals surface area contributed by atoms with Crippen molar-refractivity contribution in [3.05, 3.63) is 117 Å². The smallest absolute Gasteiger partial charge is 0.315 e. The summed E-state index contributed by atoms with van der Waals surface area (Å²) in [4.78, 5) is 32.0. The maximum absolute atomic E-state index is 13.6. The Kier molecular flexibility index (Phi) is 7.28. The summed E-state index contributed by atoms with van der Waals surface area (Å²) in [5, 5.41) is 0. The average Bonchev–Trinajstić information content (AvgIpc) is 2.89. The molecule has 0 radical (unpaired) electrons. The number of benzene rings is 3. The molecule has 3 aromatic carbocycles. The van der Waals surface area contributed by atoms with E-state index in [2.05, 4.69) is 28.1 Å². The molecule has 0 amide bonds. The zero-order valence-electron chi connectivity index (χ0n) is 20.2. The van der Waals surface area contributed by atoms with Crippen molar-refractivity contribution < 1.29 is 14.3 Å². The van der Waals surface area contributed by atoms with Gasteiger partial charge in [-0.05, 0) is 48.1 Å². The second-order valence-corrected chi connectivity index (χ2v) is 10.4.